The van der Waals surface area contributed by atoms with Gasteiger partial charge in [-0.3, -0.25) is 0 Å². The minimum Gasteiger partial charge on any atom is -0.537 e. The number of hydrogen-bond acceptors (Lipinski definition) is 6. The number of para-hydroxylation sites is 4. The van der Waals surface area contributed by atoms with E-state index in [9.17, 15) is 5.02 Å². The van der Waals surface area contributed by atoms with E-state index in [1.54, 1.807) is 0 Å². The molecule has 1 radical (unpaired) electrons. The van der Waals surface area contributed by atoms with Gasteiger partial charge in [-0.15, -0.1) is 0 Å². The smallest absolute Gasteiger partial charge is 0.537 e. The highest BCUT2D eigenvalue weighted by Gasteiger charge is 2.24. The maximum absolute atomic E-state index is 9.30. The van der Waals surface area contributed by atoms with Crippen molar-refractivity contribution in [3.05, 3.63) is 495 Å². The quantitative estimate of drug-likeness (QED) is 0.0973. The summed E-state index contributed by atoms with van der Waals surface area (Å²) >= 11 is 16.5. The maximum Gasteiger partial charge on any atom is 0.569 e. The first-order valence-corrected chi connectivity index (χ1v) is 51.1. The van der Waals surface area contributed by atoms with E-state index in [2.05, 4.69) is 432 Å². The van der Waals surface area contributed by atoms with Crippen molar-refractivity contribution in [2.75, 3.05) is 0 Å². The van der Waals surface area contributed by atoms with E-state index in [4.69, 9.17) is 22.3 Å². The lowest BCUT2D eigenvalue weighted by Gasteiger charge is -2.18. The Kier molecular flexibility index (Phi) is 24.4. The van der Waals surface area contributed by atoms with Gasteiger partial charge >= 0.3 is 7.69 Å². The second-order valence-corrected chi connectivity index (χ2v) is 39.9. The largest absolute Gasteiger partial charge is 0.569 e. The van der Waals surface area contributed by atoms with Gasteiger partial charge in [0.1, 0.15) is 50.4 Å². The fourth-order valence-corrected chi connectivity index (χ4v) is 23.5. The summed E-state index contributed by atoms with van der Waals surface area (Å²) in [5, 5.41) is 42.1. The molecule has 0 bridgehead atoms. The summed E-state index contributed by atoms with van der Waals surface area (Å²) < 4.78 is 35.8. The maximum atomic E-state index is 9.30. The van der Waals surface area contributed by atoms with E-state index in [1.807, 2.05) is 127 Å². The van der Waals surface area contributed by atoms with E-state index in [-0.39, 0.29) is 0 Å². The fourth-order valence-electron chi connectivity index (χ4n) is 20.6. The van der Waals surface area contributed by atoms with Crippen molar-refractivity contribution >= 4 is 289 Å². The molecule has 673 valence electrons. The Hall–Kier alpha value is -15.2. The molecule has 4 aromatic heterocycles. The molecular weight excluding hydrogens is 2110 g/mol. The van der Waals surface area contributed by atoms with Crippen molar-refractivity contribution in [1.29, 1.82) is 0 Å². The lowest BCUT2D eigenvalue weighted by Crippen LogP contribution is -2.02. The van der Waals surface area contributed by atoms with Crippen LogP contribution < -0.4 is 4.65 Å². The summed E-state index contributed by atoms with van der Waals surface area (Å²) in [6, 6.07) is 166. The molecule has 0 aliphatic heterocycles. The van der Waals surface area contributed by atoms with Crippen LogP contribution in [0.4, 0.5) is 0 Å². The summed E-state index contributed by atoms with van der Waals surface area (Å²) in [5.74, 6) is 0.674. The molecule has 0 aliphatic rings. The Morgan fingerprint density at radius 1 is 0.197 bits per heavy atom. The van der Waals surface area contributed by atoms with Crippen molar-refractivity contribution in [2.45, 2.75) is 0 Å². The van der Waals surface area contributed by atoms with Gasteiger partial charge in [-0.05, 0) is 251 Å². The Bertz CT molecular complexity index is 9750. The molecule has 29 rings (SSSR count). The van der Waals surface area contributed by atoms with Crippen molar-refractivity contribution in [3.8, 4) is 61.4 Å². The van der Waals surface area contributed by atoms with Crippen LogP contribution in [-0.2, 0) is 0 Å². The molecule has 0 fully saturated rings. The Labute approximate surface area is 864 Å². The van der Waals surface area contributed by atoms with Gasteiger partial charge < -0.3 is 27.3 Å². The van der Waals surface area contributed by atoms with Crippen LogP contribution in [0.25, 0.3) is 251 Å². The summed E-state index contributed by atoms with van der Waals surface area (Å²) in [6.45, 7) is 0. The van der Waals surface area contributed by atoms with Crippen LogP contribution in [0.2, 0.25) is 0 Å². The molecule has 25 aromatic carbocycles. The van der Waals surface area contributed by atoms with Gasteiger partial charge in [-0.25, -0.2) is 0 Å². The predicted molar refractivity (Wildman–Crippen MR) is 622 cm³/mol. The molecule has 0 saturated carbocycles. The minimum atomic E-state index is 0.674. The van der Waals surface area contributed by atoms with Gasteiger partial charge in [0.05, 0.1) is 0 Å². The third-order valence-corrected chi connectivity index (χ3v) is 29.9. The van der Waals surface area contributed by atoms with Gasteiger partial charge in [0, 0.05) is 96.9 Å². The molecular formula is C130H79BBr4IO6. The molecule has 4 heterocycles. The van der Waals surface area contributed by atoms with Crippen molar-refractivity contribution in [3.63, 3.8) is 0 Å². The Morgan fingerprint density at radius 2 is 0.465 bits per heavy atom. The summed E-state index contributed by atoms with van der Waals surface area (Å²) in [7, 11) is 0.754. The van der Waals surface area contributed by atoms with Crippen LogP contribution in [0.15, 0.2) is 509 Å². The third-order valence-electron chi connectivity index (χ3n) is 26.9. The van der Waals surface area contributed by atoms with Crippen molar-refractivity contribution in [2.24, 2.45) is 0 Å². The van der Waals surface area contributed by atoms with Gasteiger partial charge in [0.25, 0.3) is 0 Å². The number of hydrogen-bond donors (Lipinski definition) is 1. The average Bonchev–Trinajstić information content (AvgIpc) is 1.46. The van der Waals surface area contributed by atoms with Crippen LogP contribution in [0.3, 0.4) is 0 Å². The van der Waals surface area contributed by atoms with Crippen LogP contribution >= 0.6 is 86.3 Å². The van der Waals surface area contributed by atoms with E-state index < -0.39 is 0 Å². The molecule has 0 atom stereocenters. The fraction of sp³-hybridized carbons (Fsp3) is 0. The topological polar surface area (TPSA) is 82.0 Å². The number of halogens is 5. The predicted octanol–water partition coefficient (Wildman–Crippen LogP) is 40.1. The first-order valence-electron chi connectivity index (χ1n) is 46.9. The van der Waals surface area contributed by atoms with Gasteiger partial charge in [-0.2, -0.15) is 0 Å². The van der Waals surface area contributed by atoms with Crippen LogP contribution in [-0.4, -0.2) is 12.7 Å². The van der Waals surface area contributed by atoms with Gasteiger partial charge in [0.2, 0.25) is 0 Å². The van der Waals surface area contributed by atoms with Gasteiger partial charge in [-0.1, -0.05) is 440 Å². The zero-order valence-corrected chi connectivity index (χ0v) is 84.5. The molecule has 0 aliphatic carbocycles. The lowest BCUT2D eigenvalue weighted by molar-refractivity contribution is 0.459. The first kappa shape index (κ1) is 89.4. The molecule has 142 heavy (non-hydrogen) atoms. The zero-order chi connectivity index (χ0) is 95.4. The Balaban J connectivity index is 0.0000000987. The molecule has 12 heteroatoms. The minimum absolute atomic E-state index is 0.674. The molecule has 0 unspecified atom stereocenters. The molecule has 0 saturated heterocycles. The SMILES string of the molecule is Brc1cc2c3ccccc3oc2c2ccccc12.Brc1cc2c3ccccc3oc2c2ccccc12.Brc1cccc(-c2cc3c4ccccc4oc3c3ccccc23)c1.Brc1cccc(I)c1.O[B]Oc1c2ccccc2c(-c2ccc3ccccc3c2)c2ccccc12.c1cc(-c2c3ccccc3c(-c3ccc4ccccc4c3)c3ccccc23)cc(-c2cc3c4ccccc4oc3c3ccccc23)c1. The van der Waals surface area contributed by atoms with Crippen LogP contribution in [0.1, 0.15) is 0 Å². The third kappa shape index (κ3) is 16.8. The zero-order valence-electron chi connectivity index (χ0n) is 76.0. The first-order chi connectivity index (χ1) is 70.0. The van der Waals surface area contributed by atoms with Crippen LogP contribution in [0, 0.1) is 3.57 Å². The molecule has 6 nitrogen and oxygen atoms in total. The summed E-state index contributed by atoms with van der Waals surface area (Å²) in [4.78, 5) is 0. The number of furan rings is 4. The standard InChI is InChI=1S/C46H28O.C24H16BO2.C22H13BrO.2C16H9BrO.C6H4BrI/c1-2-13-30-26-33(25-24-29(30)12-1)45-38-20-6-4-18-36(38)44(37-19-5-7-21-39(37)45)32-15-11-14-31(27-32)41-28-42-35-17-9-10-23-43(35)47-46(42)40-22-8-3-16-34(40)41;26-25-27-24-21-11-5-3-9-19(21)23(20-10-4-6-12-22(20)24)18-14-13-16-7-1-2-8-17(16)15-18;23-15-7-5-6-14(12-15)19-13-20-17-9-3-4-11-21(17)24-22(20)18-10-2-1-8-16(18)19;2*17-14-9-13-11-6-3-4-8-15(11)18-16(13)12-7-2-1-5-10(12)14;7-5-2-1-3-6(8)4-5/h1-28H;1-15,26H;1-13H;2*1-9H;1-4H. The second kappa shape index (κ2) is 38.8. The second-order valence-electron chi connectivity index (χ2n) is 35.2. The lowest BCUT2D eigenvalue weighted by atomic mass is 9.85. The molecule has 29 aromatic rings. The van der Waals surface area contributed by atoms with E-state index >= 15 is 0 Å². The monoisotopic (exact) mass is 2190 g/mol. The average molecular weight is 2190 g/mol. The summed E-state index contributed by atoms with van der Waals surface area (Å²) in [6.07, 6.45) is 0. The van der Waals surface area contributed by atoms with E-state index in [0.717, 1.165) is 140 Å². The Morgan fingerprint density at radius 3 is 0.817 bits per heavy atom. The highest BCUT2D eigenvalue weighted by Crippen LogP contribution is 2.50. The highest BCUT2D eigenvalue weighted by atomic mass is 127. The molecule has 1 N–H and O–H groups in total. The van der Waals surface area contributed by atoms with E-state index in [1.165, 1.54) is 140 Å². The molecule has 0 amide bonds. The van der Waals surface area contributed by atoms with E-state index in [0.29, 0.717) is 5.75 Å². The summed E-state index contributed by atoms with van der Waals surface area (Å²) in [5.41, 5.74) is 19.8. The van der Waals surface area contributed by atoms with Crippen LogP contribution in [0.5, 0.6) is 5.75 Å². The number of benzene rings is 25. The number of fused-ring (bicyclic) bond motifs is 26. The highest BCUT2D eigenvalue weighted by molar-refractivity contribution is 14.1. The van der Waals surface area contributed by atoms with Crippen molar-refractivity contribution in [1.82, 2.24) is 0 Å². The normalized spacial score (nSPS) is 11.5. The van der Waals surface area contributed by atoms with Crippen molar-refractivity contribution < 1.29 is 27.3 Å². The van der Waals surface area contributed by atoms with Gasteiger partial charge in [0.15, 0.2) is 0 Å². The molecule has 0 spiro atoms. The number of rotatable bonds is 7.